The molecule has 0 bridgehead atoms. The van der Waals surface area contributed by atoms with E-state index in [1.807, 2.05) is 32.0 Å². The van der Waals surface area contributed by atoms with Crippen LogP contribution in [-0.2, 0) is 0 Å². The van der Waals surface area contributed by atoms with E-state index in [0.717, 1.165) is 11.1 Å². The molecule has 0 aliphatic carbocycles. The van der Waals surface area contributed by atoms with E-state index in [0.29, 0.717) is 17.3 Å². The summed E-state index contributed by atoms with van der Waals surface area (Å²) in [5.41, 5.74) is 2.51. The Morgan fingerprint density at radius 2 is 1.88 bits per heavy atom. The summed E-state index contributed by atoms with van der Waals surface area (Å²) in [5.74, 6) is -0.279. The Balaban J connectivity index is 1.97. The van der Waals surface area contributed by atoms with Crippen molar-refractivity contribution in [2.75, 3.05) is 26.0 Å². The van der Waals surface area contributed by atoms with Gasteiger partial charge in [0.25, 0.3) is 0 Å². The molecule has 1 atom stereocenters. The van der Waals surface area contributed by atoms with Crippen LogP contribution in [0.5, 0.6) is 0 Å². The SMILES string of the molecule is Cc1ccc(NC(=O)NCC(c2ccc(F)cc2)N(C)C)cc1Cl. The maximum absolute atomic E-state index is 13.1. The van der Waals surface area contributed by atoms with Crippen molar-refractivity contribution >= 4 is 23.3 Å². The minimum absolute atomic E-state index is 0.0574. The van der Waals surface area contributed by atoms with Crippen molar-refractivity contribution in [3.05, 3.63) is 64.4 Å². The lowest BCUT2D eigenvalue weighted by atomic mass is 10.1. The van der Waals surface area contributed by atoms with Crippen LogP contribution in [0.15, 0.2) is 42.5 Å². The molecule has 0 fully saturated rings. The Hall–Kier alpha value is -2.11. The first-order chi connectivity index (χ1) is 11.4. The van der Waals surface area contributed by atoms with Gasteiger partial charge in [0.05, 0.1) is 6.04 Å². The topological polar surface area (TPSA) is 44.4 Å². The van der Waals surface area contributed by atoms with Gasteiger partial charge in [-0.25, -0.2) is 9.18 Å². The number of benzene rings is 2. The number of carbonyl (C=O) groups is 1. The molecule has 0 aliphatic rings. The van der Waals surface area contributed by atoms with Gasteiger partial charge in [0, 0.05) is 17.3 Å². The molecule has 0 saturated carbocycles. The Morgan fingerprint density at radius 1 is 1.21 bits per heavy atom. The van der Waals surface area contributed by atoms with E-state index in [1.165, 1.54) is 12.1 Å². The van der Waals surface area contributed by atoms with Crippen LogP contribution in [0.1, 0.15) is 17.2 Å². The van der Waals surface area contributed by atoms with Crippen LogP contribution in [0.2, 0.25) is 5.02 Å². The third kappa shape index (κ3) is 4.94. The number of hydrogen-bond donors (Lipinski definition) is 2. The highest BCUT2D eigenvalue weighted by Crippen LogP contribution is 2.20. The van der Waals surface area contributed by atoms with Gasteiger partial charge in [-0.1, -0.05) is 29.8 Å². The smallest absolute Gasteiger partial charge is 0.319 e. The Labute approximate surface area is 146 Å². The number of hydrogen-bond acceptors (Lipinski definition) is 2. The van der Waals surface area contributed by atoms with E-state index in [9.17, 15) is 9.18 Å². The van der Waals surface area contributed by atoms with E-state index in [-0.39, 0.29) is 17.9 Å². The predicted octanol–water partition coefficient (Wildman–Crippen LogP) is 4.21. The van der Waals surface area contributed by atoms with Crippen molar-refractivity contribution in [1.29, 1.82) is 0 Å². The maximum atomic E-state index is 13.1. The first-order valence-corrected chi connectivity index (χ1v) is 7.97. The summed E-state index contributed by atoms with van der Waals surface area (Å²) in [6.45, 7) is 2.29. The van der Waals surface area contributed by atoms with Crippen LogP contribution in [-0.4, -0.2) is 31.6 Å². The van der Waals surface area contributed by atoms with Crippen molar-refractivity contribution in [3.8, 4) is 0 Å². The molecule has 1 unspecified atom stereocenters. The molecule has 0 radical (unpaired) electrons. The van der Waals surface area contributed by atoms with E-state index in [1.54, 1.807) is 24.3 Å². The van der Waals surface area contributed by atoms with E-state index >= 15 is 0 Å². The number of likely N-dealkylation sites (N-methyl/N-ethyl adjacent to an activating group) is 1. The molecule has 4 nitrogen and oxygen atoms in total. The maximum Gasteiger partial charge on any atom is 0.319 e. The molecule has 6 heteroatoms. The molecular weight excluding hydrogens is 329 g/mol. The molecule has 0 aromatic heterocycles. The number of carbonyl (C=O) groups excluding carboxylic acids is 1. The van der Waals surface area contributed by atoms with Gasteiger partial charge in [-0.05, 0) is 56.4 Å². The number of nitrogens with zero attached hydrogens (tertiary/aromatic N) is 1. The highest BCUT2D eigenvalue weighted by molar-refractivity contribution is 6.31. The number of anilines is 1. The third-order valence-electron chi connectivity index (χ3n) is 3.76. The van der Waals surface area contributed by atoms with E-state index < -0.39 is 0 Å². The molecular formula is C18H21ClFN3O. The van der Waals surface area contributed by atoms with Crippen molar-refractivity contribution in [1.82, 2.24) is 10.2 Å². The van der Waals surface area contributed by atoms with Gasteiger partial charge >= 0.3 is 6.03 Å². The van der Waals surface area contributed by atoms with Gasteiger partial charge in [-0.3, -0.25) is 0 Å². The molecule has 0 heterocycles. The zero-order chi connectivity index (χ0) is 17.7. The summed E-state index contributed by atoms with van der Waals surface area (Å²) in [6.07, 6.45) is 0. The second-order valence-corrected chi connectivity index (χ2v) is 6.24. The summed E-state index contributed by atoms with van der Waals surface area (Å²) in [5, 5.41) is 6.19. The minimum atomic E-state index is -0.316. The highest BCUT2D eigenvalue weighted by Gasteiger charge is 2.15. The van der Waals surface area contributed by atoms with Gasteiger partial charge in [0.1, 0.15) is 5.82 Å². The summed E-state index contributed by atoms with van der Waals surface area (Å²) < 4.78 is 13.1. The highest BCUT2D eigenvalue weighted by atomic mass is 35.5. The largest absolute Gasteiger partial charge is 0.336 e. The van der Waals surface area contributed by atoms with Gasteiger partial charge in [-0.15, -0.1) is 0 Å². The van der Waals surface area contributed by atoms with Crippen molar-refractivity contribution in [2.24, 2.45) is 0 Å². The van der Waals surface area contributed by atoms with Crippen molar-refractivity contribution < 1.29 is 9.18 Å². The Kier molecular flexibility index (Phi) is 6.17. The quantitative estimate of drug-likeness (QED) is 0.849. The van der Waals surface area contributed by atoms with Crippen molar-refractivity contribution in [2.45, 2.75) is 13.0 Å². The molecule has 0 aliphatic heterocycles. The van der Waals surface area contributed by atoms with Gasteiger partial charge in [0.15, 0.2) is 0 Å². The zero-order valence-corrected chi connectivity index (χ0v) is 14.7. The molecule has 2 aromatic rings. The predicted molar refractivity (Wildman–Crippen MR) is 96.0 cm³/mol. The summed E-state index contributed by atoms with van der Waals surface area (Å²) in [4.78, 5) is 14.0. The molecule has 2 amide bonds. The van der Waals surface area contributed by atoms with Crippen LogP contribution >= 0.6 is 11.6 Å². The molecule has 2 aromatic carbocycles. The first kappa shape index (κ1) is 18.2. The number of nitrogens with one attached hydrogen (secondary N) is 2. The standard InChI is InChI=1S/C18H21ClFN3O/c1-12-4-9-15(10-16(12)19)22-18(24)21-11-17(23(2)3)13-5-7-14(20)8-6-13/h4-10,17H,11H2,1-3H3,(H2,21,22,24). The number of amides is 2. The molecule has 2 rings (SSSR count). The Bertz CT molecular complexity index is 704. The van der Waals surface area contributed by atoms with Crippen LogP contribution in [0.4, 0.5) is 14.9 Å². The Morgan fingerprint density at radius 3 is 2.46 bits per heavy atom. The molecule has 2 N–H and O–H groups in total. The molecule has 24 heavy (non-hydrogen) atoms. The molecule has 0 spiro atoms. The van der Waals surface area contributed by atoms with Gasteiger partial charge < -0.3 is 15.5 Å². The lowest BCUT2D eigenvalue weighted by Gasteiger charge is -2.25. The third-order valence-corrected chi connectivity index (χ3v) is 4.17. The van der Waals surface area contributed by atoms with Crippen LogP contribution < -0.4 is 10.6 Å². The minimum Gasteiger partial charge on any atom is -0.336 e. The summed E-state index contributed by atoms with van der Waals surface area (Å²) in [6, 6.07) is 11.3. The van der Waals surface area contributed by atoms with Crippen molar-refractivity contribution in [3.63, 3.8) is 0 Å². The van der Waals surface area contributed by atoms with Gasteiger partial charge in [-0.2, -0.15) is 0 Å². The summed E-state index contributed by atoms with van der Waals surface area (Å²) in [7, 11) is 3.82. The molecule has 128 valence electrons. The molecule has 0 saturated heterocycles. The number of urea groups is 1. The average molecular weight is 350 g/mol. The lowest BCUT2D eigenvalue weighted by molar-refractivity contribution is 0.243. The van der Waals surface area contributed by atoms with E-state index in [2.05, 4.69) is 10.6 Å². The fourth-order valence-electron chi connectivity index (χ4n) is 2.32. The van der Waals surface area contributed by atoms with Crippen LogP contribution in [0.25, 0.3) is 0 Å². The van der Waals surface area contributed by atoms with Crippen LogP contribution in [0.3, 0.4) is 0 Å². The summed E-state index contributed by atoms with van der Waals surface area (Å²) >= 11 is 6.05. The second kappa shape index (κ2) is 8.13. The van der Waals surface area contributed by atoms with E-state index in [4.69, 9.17) is 11.6 Å². The van der Waals surface area contributed by atoms with Gasteiger partial charge in [0.2, 0.25) is 0 Å². The normalized spacial score (nSPS) is 12.1. The zero-order valence-electron chi connectivity index (χ0n) is 13.9. The fourth-order valence-corrected chi connectivity index (χ4v) is 2.50. The fraction of sp³-hybridized carbons (Fsp3) is 0.278. The number of halogens is 2. The average Bonchev–Trinajstić information content (AvgIpc) is 2.52. The first-order valence-electron chi connectivity index (χ1n) is 7.59. The number of rotatable bonds is 5. The lowest BCUT2D eigenvalue weighted by Crippen LogP contribution is -2.36. The van der Waals surface area contributed by atoms with Crippen LogP contribution in [0, 0.1) is 12.7 Å². The number of aryl methyl sites for hydroxylation is 1. The monoisotopic (exact) mass is 349 g/mol. The second-order valence-electron chi connectivity index (χ2n) is 5.83.